The van der Waals surface area contributed by atoms with E-state index in [0.29, 0.717) is 18.1 Å². The first-order chi connectivity index (χ1) is 10.7. The molecule has 2 unspecified atom stereocenters. The largest absolute Gasteiger partial charge is 0.355 e. The Morgan fingerprint density at radius 2 is 2.00 bits per heavy atom. The van der Waals surface area contributed by atoms with E-state index < -0.39 is 10.8 Å². The van der Waals surface area contributed by atoms with Crippen molar-refractivity contribution in [3.8, 4) is 0 Å². The molecule has 22 heavy (non-hydrogen) atoms. The Hall–Kier alpha value is -1.20. The van der Waals surface area contributed by atoms with Crippen LogP contribution in [-0.4, -0.2) is 35.5 Å². The fourth-order valence-electron chi connectivity index (χ4n) is 3.44. The first-order valence-corrected chi connectivity index (χ1v) is 9.56. The summed E-state index contributed by atoms with van der Waals surface area (Å²) < 4.78 is 12.0. The number of carbonyl (C=O) groups is 1. The minimum atomic E-state index is -0.918. The second-order valence-electron chi connectivity index (χ2n) is 6.43. The molecule has 2 fully saturated rings. The highest BCUT2D eigenvalue weighted by Crippen LogP contribution is 2.58. The molecule has 120 valence electrons. The number of rotatable bonds is 6. The quantitative estimate of drug-likeness (QED) is 0.834. The summed E-state index contributed by atoms with van der Waals surface area (Å²) in [7, 11) is -0.918. The zero-order valence-electron chi connectivity index (χ0n) is 12.8. The molecule has 2 N–H and O–H groups in total. The molecule has 1 aromatic rings. The van der Waals surface area contributed by atoms with Gasteiger partial charge in [-0.1, -0.05) is 30.3 Å². The average Bonchev–Trinajstić information content (AvgIpc) is 3.22. The van der Waals surface area contributed by atoms with Gasteiger partial charge >= 0.3 is 0 Å². The van der Waals surface area contributed by atoms with Crippen molar-refractivity contribution in [1.29, 1.82) is 0 Å². The summed E-state index contributed by atoms with van der Waals surface area (Å²) in [6.45, 7) is 2.58. The van der Waals surface area contributed by atoms with E-state index >= 15 is 0 Å². The number of carbonyl (C=O) groups excluding carboxylic acids is 1. The van der Waals surface area contributed by atoms with E-state index in [-0.39, 0.29) is 17.2 Å². The molecule has 3 rings (SSSR count). The Bertz CT molecular complexity index is 541. The fraction of sp³-hybridized carbons (Fsp3) is 0.588. The summed E-state index contributed by atoms with van der Waals surface area (Å²) in [5.74, 6) is 1.45. The van der Waals surface area contributed by atoms with Crippen molar-refractivity contribution in [3.05, 3.63) is 35.9 Å². The predicted octanol–water partition coefficient (Wildman–Crippen LogP) is 1.44. The third-order valence-electron chi connectivity index (χ3n) is 4.90. The van der Waals surface area contributed by atoms with Crippen LogP contribution in [0.4, 0.5) is 0 Å². The lowest BCUT2D eigenvalue weighted by molar-refractivity contribution is -0.123. The highest BCUT2D eigenvalue weighted by atomic mass is 32.2. The molecule has 0 aromatic heterocycles. The summed E-state index contributed by atoms with van der Waals surface area (Å²) in [5, 5.41) is 6.33. The molecule has 4 nitrogen and oxygen atoms in total. The van der Waals surface area contributed by atoms with Crippen molar-refractivity contribution in [2.24, 2.45) is 11.3 Å². The lowest BCUT2D eigenvalue weighted by Gasteiger charge is -2.23. The molecule has 2 atom stereocenters. The molecule has 0 bridgehead atoms. The van der Waals surface area contributed by atoms with Gasteiger partial charge in [0.05, 0.1) is 0 Å². The monoisotopic (exact) mass is 320 g/mol. The van der Waals surface area contributed by atoms with Crippen LogP contribution in [0.3, 0.4) is 0 Å². The first-order valence-electron chi connectivity index (χ1n) is 8.07. The van der Waals surface area contributed by atoms with Crippen molar-refractivity contribution < 1.29 is 9.00 Å². The standard InChI is InChI=1S/C17H24N2O2S/c20-16(15-12-17(15)6-8-18-9-7-17)19-10-11-22(21)13-14-4-2-1-3-5-14/h1-5,15,18H,6-13H2,(H,19,20). The molecule has 1 aliphatic carbocycles. The van der Waals surface area contributed by atoms with Gasteiger partial charge in [0.1, 0.15) is 0 Å². The molecule has 2 aliphatic rings. The molecule has 1 aromatic carbocycles. The van der Waals surface area contributed by atoms with Crippen LogP contribution in [0.5, 0.6) is 0 Å². The molecule has 1 spiro atoms. The number of piperidine rings is 1. The number of amides is 1. The summed E-state index contributed by atoms with van der Waals surface area (Å²) in [6.07, 6.45) is 3.27. The maximum atomic E-state index is 12.2. The Kier molecular flexibility index (Phi) is 4.93. The third kappa shape index (κ3) is 3.76. The van der Waals surface area contributed by atoms with Crippen LogP contribution in [0.25, 0.3) is 0 Å². The van der Waals surface area contributed by atoms with Crippen LogP contribution in [-0.2, 0) is 21.3 Å². The molecule has 1 saturated heterocycles. The normalized spacial score (nSPS) is 23.9. The molecule has 1 saturated carbocycles. The summed E-state index contributed by atoms with van der Waals surface area (Å²) in [4.78, 5) is 12.2. The van der Waals surface area contributed by atoms with Crippen molar-refractivity contribution in [2.75, 3.05) is 25.4 Å². The van der Waals surface area contributed by atoms with Crippen molar-refractivity contribution >= 4 is 16.7 Å². The molecule has 1 heterocycles. The van der Waals surface area contributed by atoms with Gasteiger partial charge in [-0.3, -0.25) is 9.00 Å². The van der Waals surface area contributed by atoms with E-state index in [2.05, 4.69) is 10.6 Å². The van der Waals surface area contributed by atoms with Crippen LogP contribution in [0.1, 0.15) is 24.8 Å². The van der Waals surface area contributed by atoms with E-state index in [4.69, 9.17) is 0 Å². The Balaban J connectivity index is 1.36. The number of benzene rings is 1. The van der Waals surface area contributed by atoms with Gasteiger partial charge in [0.15, 0.2) is 0 Å². The minimum Gasteiger partial charge on any atom is -0.355 e. The van der Waals surface area contributed by atoms with Crippen LogP contribution < -0.4 is 10.6 Å². The Labute approximate surface area is 134 Å². The molecule has 0 radical (unpaired) electrons. The van der Waals surface area contributed by atoms with Gasteiger partial charge in [-0.25, -0.2) is 0 Å². The van der Waals surface area contributed by atoms with Crippen LogP contribution in [0, 0.1) is 11.3 Å². The van der Waals surface area contributed by atoms with E-state index in [1.165, 1.54) is 0 Å². The van der Waals surface area contributed by atoms with Gasteiger partial charge in [0.2, 0.25) is 5.91 Å². The van der Waals surface area contributed by atoms with E-state index in [1.54, 1.807) is 0 Å². The van der Waals surface area contributed by atoms with Gasteiger partial charge in [-0.05, 0) is 43.3 Å². The zero-order chi connectivity index (χ0) is 15.4. The summed E-state index contributed by atoms with van der Waals surface area (Å²) in [6, 6.07) is 9.85. The lowest BCUT2D eigenvalue weighted by Crippen LogP contribution is -2.35. The summed E-state index contributed by atoms with van der Waals surface area (Å²) in [5.41, 5.74) is 1.36. The smallest absolute Gasteiger partial charge is 0.223 e. The molecular formula is C17H24N2O2S. The van der Waals surface area contributed by atoms with Crippen LogP contribution in [0.15, 0.2) is 30.3 Å². The SMILES string of the molecule is O=C(NCCS(=O)Cc1ccccc1)C1CC12CCNCC2. The number of nitrogens with one attached hydrogen (secondary N) is 2. The predicted molar refractivity (Wildman–Crippen MR) is 88.8 cm³/mol. The second-order valence-corrected chi connectivity index (χ2v) is 8.01. The second kappa shape index (κ2) is 6.92. The summed E-state index contributed by atoms with van der Waals surface area (Å²) >= 11 is 0. The topological polar surface area (TPSA) is 58.2 Å². The highest BCUT2D eigenvalue weighted by Gasteiger charge is 2.57. The average molecular weight is 320 g/mol. The van der Waals surface area contributed by atoms with Crippen molar-refractivity contribution in [1.82, 2.24) is 10.6 Å². The Morgan fingerprint density at radius 1 is 1.27 bits per heavy atom. The van der Waals surface area contributed by atoms with Gasteiger partial charge in [0, 0.05) is 34.8 Å². The van der Waals surface area contributed by atoms with Gasteiger partial charge in [-0.2, -0.15) is 0 Å². The first kappa shape index (κ1) is 15.7. The van der Waals surface area contributed by atoms with Gasteiger partial charge < -0.3 is 10.6 Å². The Morgan fingerprint density at radius 3 is 2.73 bits per heavy atom. The van der Waals surface area contributed by atoms with E-state index in [1.807, 2.05) is 30.3 Å². The van der Waals surface area contributed by atoms with Crippen LogP contribution >= 0.6 is 0 Å². The maximum absolute atomic E-state index is 12.2. The van der Waals surface area contributed by atoms with Crippen LogP contribution in [0.2, 0.25) is 0 Å². The van der Waals surface area contributed by atoms with E-state index in [0.717, 1.165) is 37.9 Å². The third-order valence-corrected chi connectivity index (χ3v) is 6.22. The molecule has 1 aliphatic heterocycles. The molecular weight excluding hydrogens is 296 g/mol. The fourth-order valence-corrected chi connectivity index (χ4v) is 4.48. The zero-order valence-corrected chi connectivity index (χ0v) is 13.7. The van der Waals surface area contributed by atoms with Crippen molar-refractivity contribution in [3.63, 3.8) is 0 Å². The van der Waals surface area contributed by atoms with Gasteiger partial charge in [-0.15, -0.1) is 0 Å². The highest BCUT2D eigenvalue weighted by molar-refractivity contribution is 7.84. The molecule has 1 amide bonds. The number of hydrogen-bond donors (Lipinski definition) is 2. The minimum absolute atomic E-state index is 0.165. The molecule has 5 heteroatoms. The van der Waals surface area contributed by atoms with Gasteiger partial charge in [0.25, 0.3) is 0 Å². The lowest BCUT2D eigenvalue weighted by atomic mass is 9.92. The maximum Gasteiger partial charge on any atom is 0.223 e. The van der Waals surface area contributed by atoms with Crippen molar-refractivity contribution in [2.45, 2.75) is 25.0 Å². The van der Waals surface area contributed by atoms with E-state index in [9.17, 15) is 9.00 Å². The number of hydrogen-bond acceptors (Lipinski definition) is 3.